The Hall–Kier alpha value is -3.21. The molecule has 0 amide bonds. The number of anilines is 2. The molecule has 5 rings (SSSR count). The molecule has 3 heterocycles. The molecule has 0 radical (unpaired) electrons. The number of hydrogen-bond donors (Lipinski definition) is 2. The van der Waals surface area contributed by atoms with E-state index >= 15 is 0 Å². The molecule has 7 nitrogen and oxygen atoms in total. The Labute approximate surface area is 224 Å². The second kappa shape index (κ2) is 9.68. The molecule has 1 fully saturated rings. The normalized spacial score (nSPS) is 17.8. The third-order valence-electron chi connectivity index (χ3n) is 6.05. The van der Waals surface area contributed by atoms with Crippen LogP contribution in [0.3, 0.4) is 0 Å². The minimum atomic E-state index is -3.39. The molecule has 0 aliphatic carbocycles. The van der Waals surface area contributed by atoms with E-state index in [0.29, 0.717) is 10.8 Å². The number of sulfonamides is 1. The van der Waals surface area contributed by atoms with E-state index in [0.717, 1.165) is 39.1 Å². The summed E-state index contributed by atoms with van der Waals surface area (Å²) in [5.74, 6) is 0. The first-order chi connectivity index (χ1) is 17.2. The zero-order chi connectivity index (χ0) is 25.4. The van der Waals surface area contributed by atoms with Crippen LogP contribution in [-0.4, -0.2) is 29.3 Å². The van der Waals surface area contributed by atoms with Crippen molar-refractivity contribution in [1.29, 1.82) is 0 Å². The molecule has 36 heavy (non-hydrogen) atoms. The quantitative estimate of drug-likeness (QED) is 0.293. The van der Waals surface area contributed by atoms with E-state index in [-0.39, 0.29) is 12.1 Å². The topological polar surface area (TPSA) is 79.3 Å². The molecule has 1 saturated heterocycles. The third kappa shape index (κ3) is 4.88. The van der Waals surface area contributed by atoms with E-state index in [1.54, 1.807) is 12.3 Å². The lowest BCUT2D eigenvalue weighted by Gasteiger charge is -2.29. The van der Waals surface area contributed by atoms with Gasteiger partial charge in [0.25, 0.3) is 0 Å². The second-order valence-corrected chi connectivity index (χ2v) is 11.7. The summed E-state index contributed by atoms with van der Waals surface area (Å²) in [6.45, 7) is 1.87. The Morgan fingerprint density at radius 3 is 2.56 bits per heavy atom. The number of nitrogens with one attached hydrogen (secondary N) is 2. The molecule has 0 spiro atoms. The lowest BCUT2D eigenvalue weighted by Crippen LogP contribution is -2.30. The fourth-order valence-electron chi connectivity index (χ4n) is 4.54. The SMILES string of the molecule is Cc1cc(N2C(=S)N[C@@H](c3ccccn3)[C@H]2c2cccn2-c2cccc(Br)c2)ccc1NS(C)(=O)=O. The molecular weight excluding hydrogens is 558 g/mol. The number of aromatic nitrogens is 2. The lowest BCUT2D eigenvalue weighted by atomic mass is 10.0. The van der Waals surface area contributed by atoms with Crippen LogP contribution in [0.2, 0.25) is 0 Å². The number of rotatable bonds is 6. The van der Waals surface area contributed by atoms with E-state index in [1.165, 1.54) is 0 Å². The first kappa shape index (κ1) is 24.5. The molecule has 4 aromatic rings. The first-order valence-electron chi connectivity index (χ1n) is 11.2. The standard InChI is InChI=1S/C26H24BrN5O2S2/c1-17-15-20(11-12-21(17)30-36(2,33)34)32-25(24(29-26(32)35)22-9-3-4-13-28-22)23-10-6-14-31(23)19-8-5-7-18(27)16-19/h3-16,24-25,30H,1-2H3,(H,29,35)/t24-,25+/m0/s1. The molecule has 184 valence electrons. The van der Waals surface area contributed by atoms with Gasteiger partial charge in [-0.15, -0.1) is 0 Å². The number of nitrogens with zero attached hydrogens (tertiary/aromatic N) is 3. The Morgan fingerprint density at radius 2 is 1.86 bits per heavy atom. The van der Waals surface area contributed by atoms with Gasteiger partial charge in [0.1, 0.15) is 6.04 Å². The summed E-state index contributed by atoms with van der Waals surface area (Å²) < 4.78 is 29.3. The largest absolute Gasteiger partial charge is 0.351 e. The molecule has 2 aromatic carbocycles. The maximum atomic E-state index is 11.8. The third-order valence-corrected chi connectivity index (χ3v) is 7.45. The fourth-order valence-corrected chi connectivity index (χ4v) is 5.90. The Balaban J connectivity index is 1.64. The number of aryl methyl sites for hydroxylation is 1. The van der Waals surface area contributed by atoms with Crippen LogP contribution >= 0.6 is 28.1 Å². The summed E-state index contributed by atoms with van der Waals surface area (Å²) in [4.78, 5) is 6.71. The number of thiocarbonyl (C=S) groups is 1. The second-order valence-electron chi connectivity index (χ2n) is 8.65. The van der Waals surface area contributed by atoms with Crippen molar-refractivity contribution >= 4 is 54.7 Å². The first-order valence-corrected chi connectivity index (χ1v) is 14.3. The summed E-state index contributed by atoms with van der Waals surface area (Å²) in [7, 11) is -3.39. The van der Waals surface area contributed by atoms with Crippen LogP contribution in [0.25, 0.3) is 5.69 Å². The fraction of sp³-hybridized carbons (Fsp3) is 0.154. The van der Waals surface area contributed by atoms with E-state index in [4.69, 9.17) is 12.2 Å². The van der Waals surface area contributed by atoms with Crippen molar-refractivity contribution in [2.24, 2.45) is 0 Å². The van der Waals surface area contributed by atoms with Crippen LogP contribution in [-0.2, 0) is 10.0 Å². The van der Waals surface area contributed by atoms with Crippen LogP contribution in [0.15, 0.2) is 89.7 Å². The molecule has 2 atom stereocenters. The average Bonchev–Trinajstić information content (AvgIpc) is 3.44. The molecule has 0 unspecified atom stereocenters. The molecule has 10 heteroatoms. The maximum Gasteiger partial charge on any atom is 0.229 e. The van der Waals surface area contributed by atoms with Crippen molar-refractivity contribution in [3.63, 3.8) is 0 Å². The smallest absolute Gasteiger partial charge is 0.229 e. The van der Waals surface area contributed by atoms with Gasteiger partial charge >= 0.3 is 0 Å². The highest BCUT2D eigenvalue weighted by atomic mass is 79.9. The van der Waals surface area contributed by atoms with Crippen LogP contribution < -0.4 is 14.9 Å². The zero-order valence-corrected chi connectivity index (χ0v) is 22.8. The monoisotopic (exact) mass is 581 g/mol. The lowest BCUT2D eigenvalue weighted by molar-refractivity contribution is 0.549. The van der Waals surface area contributed by atoms with Gasteiger partial charge in [-0.25, -0.2) is 8.42 Å². The molecule has 1 aliphatic heterocycles. The number of pyridine rings is 1. The highest BCUT2D eigenvalue weighted by Crippen LogP contribution is 2.43. The predicted molar refractivity (Wildman–Crippen MR) is 151 cm³/mol. The molecular formula is C26H24BrN5O2S2. The minimum absolute atomic E-state index is 0.200. The summed E-state index contributed by atoms with van der Waals surface area (Å²) in [6.07, 6.45) is 4.96. The Bertz CT molecular complexity index is 1540. The van der Waals surface area contributed by atoms with Crippen molar-refractivity contribution in [1.82, 2.24) is 14.9 Å². The molecule has 0 bridgehead atoms. The highest BCUT2D eigenvalue weighted by Gasteiger charge is 2.42. The summed E-state index contributed by atoms with van der Waals surface area (Å²) in [6, 6.07) is 23.3. The Morgan fingerprint density at radius 1 is 1.03 bits per heavy atom. The van der Waals surface area contributed by atoms with Gasteiger partial charge in [0, 0.05) is 33.9 Å². The summed E-state index contributed by atoms with van der Waals surface area (Å²) >= 11 is 9.44. The van der Waals surface area contributed by atoms with E-state index in [2.05, 4.69) is 58.6 Å². The maximum absolute atomic E-state index is 11.8. The molecule has 2 N–H and O–H groups in total. The molecule has 2 aromatic heterocycles. The number of halogens is 1. The Kier molecular flexibility index (Phi) is 6.59. The van der Waals surface area contributed by atoms with Gasteiger partial charge in [0.2, 0.25) is 10.0 Å². The van der Waals surface area contributed by atoms with E-state index in [1.807, 2.05) is 61.7 Å². The van der Waals surface area contributed by atoms with Crippen molar-refractivity contribution < 1.29 is 8.42 Å². The molecule has 1 aliphatic rings. The van der Waals surface area contributed by atoms with Gasteiger partial charge in [0.05, 0.1) is 23.7 Å². The van der Waals surface area contributed by atoms with E-state index in [9.17, 15) is 8.42 Å². The molecule has 0 saturated carbocycles. The van der Waals surface area contributed by atoms with E-state index < -0.39 is 10.0 Å². The predicted octanol–water partition coefficient (Wildman–Crippen LogP) is 5.49. The van der Waals surface area contributed by atoms with Crippen molar-refractivity contribution in [3.05, 3.63) is 107 Å². The van der Waals surface area contributed by atoms with Crippen LogP contribution in [0, 0.1) is 6.92 Å². The zero-order valence-electron chi connectivity index (χ0n) is 19.6. The van der Waals surface area contributed by atoms with Crippen molar-refractivity contribution in [3.8, 4) is 5.69 Å². The number of benzene rings is 2. The van der Waals surface area contributed by atoms with Crippen LogP contribution in [0.5, 0.6) is 0 Å². The van der Waals surface area contributed by atoms with Crippen LogP contribution in [0.4, 0.5) is 11.4 Å². The summed E-state index contributed by atoms with van der Waals surface area (Å²) in [5, 5.41) is 4.05. The van der Waals surface area contributed by atoms with Gasteiger partial charge < -0.3 is 14.8 Å². The number of hydrogen-bond acceptors (Lipinski definition) is 4. The van der Waals surface area contributed by atoms with Gasteiger partial charge in [-0.2, -0.15) is 0 Å². The van der Waals surface area contributed by atoms with Gasteiger partial charge in [0.15, 0.2) is 5.11 Å². The van der Waals surface area contributed by atoms with Gasteiger partial charge in [-0.1, -0.05) is 28.1 Å². The summed E-state index contributed by atoms with van der Waals surface area (Å²) in [5.41, 5.74) is 5.12. The average molecular weight is 583 g/mol. The van der Waals surface area contributed by atoms with Crippen molar-refractivity contribution in [2.75, 3.05) is 15.9 Å². The van der Waals surface area contributed by atoms with Crippen LogP contribution in [0.1, 0.15) is 29.0 Å². The van der Waals surface area contributed by atoms with Crippen molar-refractivity contribution in [2.45, 2.75) is 19.0 Å². The highest BCUT2D eigenvalue weighted by molar-refractivity contribution is 9.10. The van der Waals surface area contributed by atoms with Gasteiger partial charge in [-0.05, 0) is 85.4 Å². The van der Waals surface area contributed by atoms with Gasteiger partial charge in [-0.3, -0.25) is 9.71 Å². The minimum Gasteiger partial charge on any atom is -0.351 e.